The van der Waals surface area contributed by atoms with Gasteiger partial charge in [0.05, 0.1) is 11.0 Å². The van der Waals surface area contributed by atoms with Crippen molar-refractivity contribution in [2.45, 2.75) is 12.3 Å². The van der Waals surface area contributed by atoms with Crippen molar-refractivity contribution in [1.29, 1.82) is 0 Å². The van der Waals surface area contributed by atoms with Crippen molar-refractivity contribution < 1.29 is 4.42 Å². The van der Waals surface area contributed by atoms with Crippen LogP contribution in [0.1, 0.15) is 18.2 Å². The molecule has 5 heteroatoms. The minimum atomic E-state index is 0.0449. The number of rotatable bonds is 5. The van der Waals surface area contributed by atoms with E-state index in [1.807, 2.05) is 18.2 Å². The highest BCUT2D eigenvalue weighted by molar-refractivity contribution is 6.13. The number of para-hydroxylation sites is 3. The Hall–Kier alpha value is -6.59. The Morgan fingerprint density at radius 1 is 0.540 bits per heavy atom. The number of benzene rings is 6. The lowest BCUT2D eigenvalue weighted by Gasteiger charge is -2.15. The molecule has 9 aromatic rings. The van der Waals surface area contributed by atoms with E-state index < -0.39 is 0 Å². The van der Waals surface area contributed by atoms with Crippen molar-refractivity contribution in [3.05, 3.63) is 170 Å². The number of furan rings is 1. The van der Waals surface area contributed by atoms with Gasteiger partial charge < -0.3 is 8.98 Å². The second-order valence-corrected chi connectivity index (χ2v) is 12.8. The molecule has 3 heterocycles. The highest BCUT2D eigenvalue weighted by atomic mass is 16.3. The molecule has 1 unspecified atom stereocenters. The fourth-order valence-corrected chi connectivity index (χ4v) is 7.38. The maximum absolute atomic E-state index is 6.48. The van der Waals surface area contributed by atoms with Gasteiger partial charge in [-0.25, -0.2) is 15.0 Å². The molecule has 0 N–H and O–H groups in total. The van der Waals surface area contributed by atoms with Gasteiger partial charge in [-0.3, -0.25) is 0 Å². The summed E-state index contributed by atoms with van der Waals surface area (Å²) in [5.74, 6) is 2.06. The first kappa shape index (κ1) is 28.4. The Bertz CT molecular complexity index is 2790. The van der Waals surface area contributed by atoms with Gasteiger partial charge in [0.2, 0.25) is 0 Å². The van der Waals surface area contributed by atoms with E-state index in [2.05, 4.69) is 150 Å². The van der Waals surface area contributed by atoms with Crippen LogP contribution in [0.4, 0.5) is 0 Å². The summed E-state index contributed by atoms with van der Waals surface area (Å²) in [6.45, 7) is 0. The first-order valence-corrected chi connectivity index (χ1v) is 17.0. The number of fused-ring (bicyclic) bond motifs is 6. The first-order valence-electron chi connectivity index (χ1n) is 17.0. The smallest absolute Gasteiger partial charge is 0.163 e. The van der Waals surface area contributed by atoms with Gasteiger partial charge in [-0.2, -0.15) is 0 Å². The number of hydrogen-bond donors (Lipinski definition) is 0. The van der Waals surface area contributed by atoms with E-state index in [9.17, 15) is 0 Å². The highest BCUT2D eigenvalue weighted by Crippen LogP contribution is 2.40. The monoisotopic (exact) mass is 642 g/mol. The molecule has 1 atom stereocenters. The predicted octanol–water partition coefficient (Wildman–Crippen LogP) is 11.5. The largest absolute Gasteiger partial charge is 0.456 e. The third kappa shape index (κ3) is 4.66. The molecule has 6 aromatic carbocycles. The van der Waals surface area contributed by atoms with Gasteiger partial charge in [0, 0.05) is 44.3 Å². The minimum Gasteiger partial charge on any atom is -0.456 e. The number of aromatic nitrogens is 4. The van der Waals surface area contributed by atoms with Crippen LogP contribution in [0.5, 0.6) is 0 Å². The second-order valence-electron chi connectivity index (χ2n) is 12.8. The minimum absolute atomic E-state index is 0.0449. The van der Waals surface area contributed by atoms with Crippen LogP contribution in [-0.4, -0.2) is 19.5 Å². The van der Waals surface area contributed by atoms with E-state index in [1.54, 1.807) is 0 Å². The van der Waals surface area contributed by atoms with Crippen molar-refractivity contribution in [2.24, 2.45) is 0 Å². The lowest BCUT2D eigenvalue weighted by atomic mass is 9.96. The van der Waals surface area contributed by atoms with Gasteiger partial charge in [-0.15, -0.1) is 0 Å². The van der Waals surface area contributed by atoms with Crippen molar-refractivity contribution in [3.63, 3.8) is 0 Å². The molecular weight excluding hydrogens is 613 g/mol. The summed E-state index contributed by atoms with van der Waals surface area (Å²) < 4.78 is 8.80. The fourth-order valence-electron chi connectivity index (χ4n) is 7.38. The molecule has 10 rings (SSSR count). The lowest BCUT2D eigenvalue weighted by molar-refractivity contribution is 0.669. The van der Waals surface area contributed by atoms with Crippen molar-refractivity contribution in [2.75, 3.05) is 0 Å². The maximum Gasteiger partial charge on any atom is 0.163 e. The molecule has 3 aromatic heterocycles. The van der Waals surface area contributed by atoms with Crippen LogP contribution < -0.4 is 0 Å². The molecule has 5 nitrogen and oxygen atoms in total. The molecular formula is C45H30N4O. The van der Waals surface area contributed by atoms with Crippen LogP contribution >= 0.6 is 0 Å². The Kier molecular flexibility index (Phi) is 6.56. The molecule has 0 saturated heterocycles. The van der Waals surface area contributed by atoms with Crippen LogP contribution in [-0.2, 0) is 0 Å². The Morgan fingerprint density at radius 2 is 1.26 bits per heavy atom. The highest BCUT2D eigenvalue weighted by Gasteiger charge is 2.21. The van der Waals surface area contributed by atoms with Crippen LogP contribution in [0.15, 0.2) is 168 Å². The van der Waals surface area contributed by atoms with Crippen molar-refractivity contribution >= 4 is 43.7 Å². The van der Waals surface area contributed by atoms with Crippen molar-refractivity contribution in [3.8, 4) is 39.6 Å². The van der Waals surface area contributed by atoms with Gasteiger partial charge in [-0.05, 0) is 60.0 Å². The van der Waals surface area contributed by atoms with Crippen LogP contribution in [0.3, 0.4) is 0 Å². The number of nitrogens with zero attached hydrogens (tertiary/aromatic N) is 4. The normalized spacial score (nSPS) is 14.4. The number of allylic oxidation sites excluding steroid dienone is 4. The summed E-state index contributed by atoms with van der Waals surface area (Å²) in [4.78, 5) is 15.5. The molecule has 0 fully saturated rings. The van der Waals surface area contributed by atoms with E-state index in [0.29, 0.717) is 11.6 Å². The molecule has 1 aliphatic carbocycles. The third-order valence-electron chi connectivity index (χ3n) is 9.73. The predicted molar refractivity (Wildman–Crippen MR) is 203 cm³/mol. The maximum atomic E-state index is 6.48. The van der Waals surface area contributed by atoms with E-state index in [4.69, 9.17) is 19.4 Å². The average Bonchev–Trinajstić information content (AvgIpc) is 3.74. The SMILES string of the molecule is C1=CCC(c2nc(-c3cc(-c4ccccc4)c4c(c3)oc3ccccc34)nc(-c3ccc4c5ccccc5n(-c5ccccc5)c4c3)n2)C=C1. The lowest BCUT2D eigenvalue weighted by Crippen LogP contribution is -2.08. The molecule has 0 spiro atoms. The topological polar surface area (TPSA) is 56.7 Å². The summed E-state index contributed by atoms with van der Waals surface area (Å²) in [6.07, 6.45) is 9.34. The standard InChI is InChI=1S/C45H30N4O/c1-4-14-29(15-5-1)37-26-32(28-41-42(37)36-21-11-13-23-40(36)50-41)45-47-43(30-16-6-2-7-17-30)46-44(48-45)31-24-25-35-34-20-10-12-22-38(34)49(39(35)27-31)33-18-8-3-9-19-33/h1-16,18-28,30H,17H2. The molecule has 236 valence electrons. The van der Waals surface area contributed by atoms with Gasteiger partial charge >= 0.3 is 0 Å². The average molecular weight is 643 g/mol. The van der Waals surface area contributed by atoms with Crippen LogP contribution in [0, 0.1) is 0 Å². The molecule has 0 amide bonds. The molecule has 50 heavy (non-hydrogen) atoms. The summed E-state index contributed by atoms with van der Waals surface area (Å²) in [5.41, 5.74) is 9.06. The Balaban J connectivity index is 1.21. The zero-order valence-electron chi connectivity index (χ0n) is 27.1. The van der Waals surface area contributed by atoms with E-state index >= 15 is 0 Å². The van der Waals surface area contributed by atoms with Crippen molar-refractivity contribution in [1.82, 2.24) is 19.5 Å². The molecule has 0 radical (unpaired) electrons. The van der Waals surface area contributed by atoms with E-state index in [1.165, 1.54) is 10.8 Å². The van der Waals surface area contributed by atoms with E-state index in [0.717, 1.165) is 73.2 Å². The summed E-state index contributed by atoms with van der Waals surface area (Å²) in [5, 5.41) is 4.57. The summed E-state index contributed by atoms with van der Waals surface area (Å²) in [6, 6.07) is 48.6. The van der Waals surface area contributed by atoms with Crippen LogP contribution in [0.25, 0.3) is 83.3 Å². The molecule has 1 aliphatic rings. The van der Waals surface area contributed by atoms with Gasteiger partial charge in [0.25, 0.3) is 0 Å². The van der Waals surface area contributed by atoms with Gasteiger partial charge in [0.1, 0.15) is 17.0 Å². The third-order valence-corrected chi connectivity index (χ3v) is 9.73. The Labute approximate surface area is 288 Å². The number of hydrogen-bond acceptors (Lipinski definition) is 4. The molecule has 0 bridgehead atoms. The van der Waals surface area contributed by atoms with Gasteiger partial charge in [-0.1, -0.05) is 121 Å². The van der Waals surface area contributed by atoms with E-state index in [-0.39, 0.29) is 5.92 Å². The van der Waals surface area contributed by atoms with Crippen LogP contribution in [0.2, 0.25) is 0 Å². The quantitative estimate of drug-likeness (QED) is 0.187. The Morgan fingerprint density at radius 3 is 2.08 bits per heavy atom. The summed E-state index contributed by atoms with van der Waals surface area (Å²) in [7, 11) is 0. The second kappa shape index (κ2) is 11.5. The summed E-state index contributed by atoms with van der Waals surface area (Å²) >= 11 is 0. The fraction of sp³-hybridized carbons (Fsp3) is 0.0444. The zero-order valence-corrected chi connectivity index (χ0v) is 27.1. The molecule has 0 saturated carbocycles. The van der Waals surface area contributed by atoms with Gasteiger partial charge in [0.15, 0.2) is 11.6 Å². The zero-order chi connectivity index (χ0) is 33.0. The first-order chi connectivity index (χ1) is 24.8. The molecule has 0 aliphatic heterocycles.